The van der Waals surface area contributed by atoms with E-state index in [4.69, 9.17) is 14.2 Å². The van der Waals surface area contributed by atoms with E-state index in [0.29, 0.717) is 31.8 Å². The number of hydrogen-bond acceptors (Lipinski definition) is 8. The molecule has 1 fully saturated rings. The van der Waals surface area contributed by atoms with Gasteiger partial charge in [0, 0.05) is 44.5 Å². The summed E-state index contributed by atoms with van der Waals surface area (Å²) in [7, 11) is 3.99. The molecule has 8 nitrogen and oxygen atoms in total. The molecule has 0 amide bonds. The molecule has 0 spiro atoms. The lowest BCUT2D eigenvalue weighted by molar-refractivity contribution is 0.281. The summed E-state index contributed by atoms with van der Waals surface area (Å²) in [5.41, 5.74) is 1.10. The van der Waals surface area contributed by atoms with Gasteiger partial charge in [0.1, 0.15) is 11.6 Å². The Morgan fingerprint density at radius 3 is 2.21 bits per heavy atom. The molecule has 0 saturated heterocycles. The van der Waals surface area contributed by atoms with Crippen molar-refractivity contribution in [1.82, 2.24) is 15.3 Å². The minimum Gasteiger partial charge on any atom is -0.493 e. The number of nitrogens with one attached hydrogen (secondary N) is 2. The molecular formula is C26H41N5O3. The Morgan fingerprint density at radius 2 is 1.56 bits per heavy atom. The van der Waals surface area contributed by atoms with Gasteiger partial charge in [0.2, 0.25) is 5.95 Å². The fraction of sp³-hybridized carbons (Fsp3) is 0.615. The normalized spacial score (nSPS) is 17.8. The largest absolute Gasteiger partial charge is 0.493 e. The van der Waals surface area contributed by atoms with Crippen LogP contribution in [0.5, 0.6) is 17.2 Å². The zero-order valence-corrected chi connectivity index (χ0v) is 21.4. The van der Waals surface area contributed by atoms with E-state index >= 15 is 0 Å². The number of aromatic nitrogens is 2. The maximum absolute atomic E-state index is 5.89. The van der Waals surface area contributed by atoms with Crippen molar-refractivity contribution in [1.29, 1.82) is 0 Å². The quantitative estimate of drug-likeness (QED) is 0.442. The number of ether oxygens (including phenoxy) is 3. The summed E-state index contributed by atoms with van der Waals surface area (Å²) in [6.45, 7) is 9.50. The zero-order chi connectivity index (χ0) is 24.3. The van der Waals surface area contributed by atoms with Gasteiger partial charge in [-0.3, -0.25) is 0 Å². The lowest BCUT2D eigenvalue weighted by Crippen LogP contribution is -2.31. The van der Waals surface area contributed by atoms with Gasteiger partial charge in [0.25, 0.3) is 0 Å². The summed E-state index contributed by atoms with van der Waals surface area (Å²) in [5.74, 6) is 4.67. The van der Waals surface area contributed by atoms with E-state index in [-0.39, 0.29) is 0 Å². The molecule has 1 aromatic heterocycles. The van der Waals surface area contributed by atoms with Crippen LogP contribution in [0.1, 0.15) is 52.0 Å². The molecule has 34 heavy (non-hydrogen) atoms. The summed E-state index contributed by atoms with van der Waals surface area (Å²) < 4.78 is 17.5. The summed E-state index contributed by atoms with van der Waals surface area (Å²) in [5, 5.41) is 7.17. The van der Waals surface area contributed by atoms with Crippen molar-refractivity contribution in [2.75, 3.05) is 50.7 Å². The highest BCUT2D eigenvalue weighted by Crippen LogP contribution is 2.35. The smallest absolute Gasteiger partial charge is 0.224 e. The third-order valence-corrected chi connectivity index (χ3v) is 6.05. The first-order chi connectivity index (χ1) is 16.5. The predicted molar refractivity (Wildman–Crippen MR) is 137 cm³/mol. The van der Waals surface area contributed by atoms with E-state index in [9.17, 15) is 0 Å². The van der Waals surface area contributed by atoms with E-state index < -0.39 is 0 Å². The summed E-state index contributed by atoms with van der Waals surface area (Å²) in [6.07, 6.45) is 6.44. The predicted octanol–water partition coefficient (Wildman–Crippen LogP) is 4.50. The van der Waals surface area contributed by atoms with Crippen LogP contribution in [0.4, 0.5) is 11.8 Å². The molecule has 0 atom stereocenters. The Labute approximate surface area is 204 Å². The van der Waals surface area contributed by atoms with Crippen LogP contribution < -0.4 is 29.7 Å². The molecule has 8 heteroatoms. The minimum absolute atomic E-state index is 0.429. The average Bonchev–Trinajstić information content (AvgIpc) is 2.83. The number of benzene rings is 1. The highest BCUT2D eigenvalue weighted by molar-refractivity contribution is 5.51. The Kier molecular flexibility index (Phi) is 10.1. The molecule has 1 aliphatic carbocycles. The molecule has 0 unspecified atom stereocenters. The van der Waals surface area contributed by atoms with Crippen LogP contribution in [0.2, 0.25) is 0 Å². The number of hydrogen-bond donors (Lipinski definition) is 2. The van der Waals surface area contributed by atoms with Crippen molar-refractivity contribution in [3.8, 4) is 17.2 Å². The highest BCUT2D eigenvalue weighted by Gasteiger charge is 2.22. The van der Waals surface area contributed by atoms with Crippen LogP contribution in [0.25, 0.3) is 0 Å². The molecule has 2 N–H and O–H groups in total. The SMILES string of the molecule is CCOc1cc(OCC)c(OCC)cc1CNCC1CCC(Nc2nccc(N(C)C)n2)CC1. The maximum atomic E-state index is 5.89. The van der Waals surface area contributed by atoms with Crippen molar-refractivity contribution >= 4 is 11.8 Å². The summed E-state index contributed by atoms with van der Waals surface area (Å²) in [4.78, 5) is 11.0. The fourth-order valence-electron chi connectivity index (χ4n) is 4.32. The van der Waals surface area contributed by atoms with Crippen molar-refractivity contribution in [3.63, 3.8) is 0 Å². The van der Waals surface area contributed by atoms with Crippen LogP contribution in [0.15, 0.2) is 24.4 Å². The van der Waals surface area contributed by atoms with Gasteiger partial charge in [-0.1, -0.05) is 0 Å². The van der Waals surface area contributed by atoms with E-state index in [1.165, 1.54) is 12.8 Å². The van der Waals surface area contributed by atoms with Crippen LogP contribution in [-0.2, 0) is 6.54 Å². The second kappa shape index (κ2) is 13.2. The minimum atomic E-state index is 0.429. The van der Waals surface area contributed by atoms with Crippen molar-refractivity contribution < 1.29 is 14.2 Å². The number of anilines is 2. The lowest BCUT2D eigenvalue weighted by atomic mass is 9.86. The molecular weight excluding hydrogens is 430 g/mol. The molecule has 1 heterocycles. The third kappa shape index (κ3) is 7.38. The van der Waals surface area contributed by atoms with Gasteiger partial charge in [-0.2, -0.15) is 4.98 Å². The lowest BCUT2D eigenvalue weighted by Gasteiger charge is -2.29. The van der Waals surface area contributed by atoms with Gasteiger partial charge < -0.3 is 29.7 Å². The van der Waals surface area contributed by atoms with Gasteiger partial charge >= 0.3 is 0 Å². The molecule has 0 aliphatic heterocycles. The molecule has 0 radical (unpaired) electrons. The first-order valence-electron chi connectivity index (χ1n) is 12.6. The van der Waals surface area contributed by atoms with E-state index in [1.807, 2.05) is 58.1 Å². The molecule has 1 aromatic carbocycles. The third-order valence-electron chi connectivity index (χ3n) is 6.05. The number of rotatable bonds is 13. The Morgan fingerprint density at radius 1 is 0.912 bits per heavy atom. The molecule has 1 aliphatic rings. The monoisotopic (exact) mass is 471 g/mol. The summed E-state index contributed by atoms with van der Waals surface area (Å²) >= 11 is 0. The Bertz CT molecular complexity index is 885. The maximum Gasteiger partial charge on any atom is 0.224 e. The highest BCUT2D eigenvalue weighted by atomic mass is 16.5. The first kappa shape index (κ1) is 25.9. The first-order valence-corrected chi connectivity index (χ1v) is 12.6. The topological polar surface area (TPSA) is 80.8 Å². The second-order valence-corrected chi connectivity index (χ2v) is 8.83. The van der Waals surface area contributed by atoms with Crippen molar-refractivity contribution in [2.24, 2.45) is 5.92 Å². The van der Waals surface area contributed by atoms with Crippen LogP contribution in [0.3, 0.4) is 0 Å². The van der Waals surface area contributed by atoms with E-state index in [1.54, 1.807) is 0 Å². The van der Waals surface area contributed by atoms with Crippen LogP contribution in [-0.4, -0.2) is 56.5 Å². The molecule has 3 rings (SSSR count). The van der Waals surface area contributed by atoms with Crippen LogP contribution in [0, 0.1) is 5.92 Å². The van der Waals surface area contributed by atoms with Gasteiger partial charge in [-0.05, 0) is 71.0 Å². The molecule has 2 aromatic rings. The Hall–Kier alpha value is -2.74. The van der Waals surface area contributed by atoms with E-state index in [0.717, 1.165) is 60.5 Å². The van der Waals surface area contributed by atoms with Crippen molar-refractivity contribution in [3.05, 3.63) is 30.0 Å². The van der Waals surface area contributed by atoms with Gasteiger partial charge in [-0.25, -0.2) is 4.98 Å². The number of nitrogens with zero attached hydrogens (tertiary/aromatic N) is 3. The Balaban J connectivity index is 1.50. The zero-order valence-electron chi connectivity index (χ0n) is 21.4. The average molecular weight is 472 g/mol. The van der Waals surface area contributed by atoms with Crippen molar-refractivity contribution in [2.45, 2.75) is 59.0 Å². The van der Waals surface area contributed by atoms with Crippen LogP contribution >= 0.6 is 0 Å². The van der Waals surface area contributed by atoms with E-state index in [2.05, 4.69) is 26.7 Å². The molecule has 0 bridgehead atoms. The standard InChI is InChI=1S/C26H41N5O3/c1-6-32-22-16-24(34-8-3)23(33-7-2)15-20(22)18-27-17-19-9-11-21(12-10-19)29-26-28-14-13-25(30-26)31(4)5/h13-16,19,21,27H,6-12,17-18H2,1-5H3,(H,28,29,30). The van der Waals surface area contributed by atoms with Gasteiger partial charge in [0.05, 0.1) is 19.8 Å². The second-order valence-electron chi connectivity index (χ2n) is 8.83. The fourth-order valence-corrected chi connectivity index (χ4v) is 4.32. The van der Waals surface area contributed by atoms with Gasteiger partial charge in [-0.15, -0.1) is 0 Å². The van der Waals surface area contributed by atoms with Gasteiger partial charge in [0.15, 0.2) is 11.5 Å². The summed E-state index contributed by atoms with van der Waals surface area (Å²) in [6, 6.07) is 6.36. The molecule has 1 saturated carbocycles. The molecule has 188 valence electrons.